The van der Waals surface area contributed by atoms with Crippen molar-refractivity contribution in [3.63, 3.8) is 0 Å². The van der Waals surface area contributed by atoms with Crippen LogP contribution in [0.2, 0.25) is 0 Å². The summed E-state index contributed by atoms with van der Waals surface area (Å²) >= 11 is 5.92. The van der Waals surface area contributed by atoms with Gasteiger partial charge in [0.1, 0.15) is 0 Å². The fraction of sp³-hybridized carbons (Fsp3) is 0.250. The van der Waals surface area contributed by atoms with Crippen LogP contribution in [0, 0.1) is 0 Å². The Labute approximate surface area is 74.3 Å². The number of rotatable bonds is 0. The maximum Gasteiger partial charge on any atom is 0.199 e. The molecule has 0 aliphatic heterocycles. The molecule has 1 aromatic heterocycles. The third-order valence-electron chi connectivity index (χ3n) is 1.98. The van der Waals surface area contributed by atoms with Gasteiger partial charge in [-0.25, -0.2) is 0 Å². The molecule has 0 saturated carbocycles. The van der Waals surface area contributed by atoms with Gasteiger partial charge in [0, 0.05) is 11.1 Å². The molecule has 3 N–H and O–H groups in total. The van der Waals surface area contributed by atoms with E-state index < -0.39 is 0 Å². The molecular weight excluding hydrogens is 178 g/mol. The SMILES string of the molecule is Oc1[nH]c(O)c2c1C=CCC2Cl. The average Bonchev–Trinajstić information content (AvgIpc) is 2.29. The minimum absolute atomic E-state index is 0.0240. The second kappa shape index (κ2) is 2.45. The first-order valence-corrected chi connectivity index (χ1v) is 4.08. The van der Waals surface area contributed by atoms with Crippen molar-refractivity contribution in [1.29, 1.82) is 0 Å². The highest BCUT2D eigenvalue weighted by molar-refractivity contribution is 6.21. The molecule has 1 aliphatic rings. The van der Waals surface area contributed by atoms with Crippen LogP contribution in [-0.2, 0) is 0 Å². The van der Waals surface area contributed by atoms with Gasteiger partial charge in [0.05, 0.1) is 5.38 Å². The van der Waals surface area contributed by atoms with Crippen LogP contribution in [0.5, 0.6) is 11.8 Å². The van der Waals surface area contributed by atoms with Crippen molar-refractivity contribution < 1.29 is 10.2 Å². The maximum atomic E-state index is 9.31. The quantitative estimate of drug-likeness (QED) is 0.543. The molecule has 0 radical (unpaired) electrons. The molecule has 4 heteroatoms. The van der Waals surface area contributed by atoms with Crippen molar-refractivity contribution in [3.8, 4) is 11.8 Å². The van der Waals surface area contributed by atoms with Gasteiger partial charge >= 0.3 is 0 Å². The van der Waals surface area contributed by atoms with Crippen LogP contribution >= 0.6 is 11.6 Å². The van der Waals surface area contributed by atoms with Gasteiger partial charge in [-0.15, -0.1) is 11.6 Å². The standard InChI is InChI=1S/C8H8ClNO2/c9-5-3-1-2-4-6(5)8(12)10-7(4)11/h1-2,5,10-12H,3H2. The molecule has 2 rings (SSSR count). The Balaban J connectivity index is 2.64. The average molecular weight is 186 g/mol. The molecule has 1 aliphatic carbocycles. The lowest BCUT2D eigenvalue weighted by Crippen LogP contribution is -1.93. The summed E-state index contributed by atoms with van der Waals surface area (Å²) in [5, 5.41) is 18.3. The summed E-state index contributed by atoms with van der Waals surface area (Å²) in [6.45, 7) is 0. The Morgan fingerprint density at radius 1 is 1.42 bits per heavy atom. The van der Waals surface area contributed by atoms with Crippen molar-refractivity contribution >= 4 is 17.7 Å². The van der Waals surface area contributed by atoms with E-state index in [4.69, 9.17) is 11.6 Å². The zero-order valence-electron chi connectivity index (χ0n) is 6.21. The normalized spacial score (nSPS) is 20.9. The van der Waals surface area contributed by atoms with Crippen molar-refractivity contribution in [3.05, 3.63) is 17.2 Å². The zero-order chi connectivity index (χ0) is 8.72. The largest absolute Gasteiger partial charge is 0.494 e. The monoisotopic (exact) mass is 185 g/mol. The van der Waals surface area contributed by atoms with Gasteiger partial charge in [-0.3, -0.25) is 4.98 Å². The Morgan fingerprint density at radius 2 is 2.17 bits per heavy atom. The predicted octanol–water partition coefficient (Wildman–Crippen LogP) is 2.12. The molecule has 0 saturated heterocycles. The molecule has 1 atom stereocenters. The number of alkyl halides is 1. The highest BCUT2D eigenvalue weighted by atomic mass is 35.5. The van der Waals surface area contributed by atoms with Crippen molar-refractivity contribution in [2.24, 2.45) is 0 Å². The van der Waals surface area contributed by atoms with Crippen molar-refractivity contribution in [2.45, 2.75) is 11.8 Å². The number of aromatic hydroxyl groups is 2. The lowest BCUT2D eigenvalue weighted by molar-refractivity contribution is 0.423. The fourth-order valence-electron chi connectivity index (χ4n) is 1.41. The first kappa shape index (κ1) is 7.55. The minimum Gasteiger partial charge on any atom is -0.494 e. The van der Waals surface area contributed by atoms with E-state index in [9.17, 15) is 10.2 Å². The molecular formula is C8H8ClNO2. The Morgan fingerprint density at radius 3 is 2.83 bits per heavy atom. The fourth-order valence-corrected chi connectivity index (χ4v) is 1.73. The van der Waals surface area contributed by atoms with Gasteiger partial charge in [0.25, 0.3) is 0 Å². The van der Waals surface area contributed by atoms with E-state index in [-0.39, 0.29) is 17.1 Å². The second-order valence-electron chi connectivity index (χ2n) is 2.76. The van der Waals surface area contributed by atoms with Gasteiger partial charge in [-0.2, -0.15) is 0 Å². The topological polar surface area (TPSA) is 56.2 Å². The molecule has 1 unspecified atom stereocenters. The molecule has 0 aromatic carbocycles. The van der Waals surface area contributed by atoms with Crippen LogP contribution in [0.15, 0.2) is 6.08 Å². The summed E-state index contributed by atoms with van der Waals surface area (Å²) < 4.78 is 0. The zero-order valence-corrected chi connectivity index (χ0v) is 6.97. The Kier molecular flexibility index (Phi) is 1.54. The highest BCUT2D eigenvalue weighted by Crippen LogP contribution is 2.42. The molecule has 0 amide bonds. The molecule has 0 bridgehead atoms. The Bertz CT molecular complexity index is 343. The van der Waals surface area contributed by atoms with Crippen molar-refractivity contribution in [2.75, 3.05) is 0 Å². The van der Waals surface area contributed by atoms with E-state index in [2.05, 4.69) is 4.98 Å². The van der Waals surface area contributed by atoms with E-state index in [0.717, 1.165) is 0 Å². The van der Waals surface area contributed by atoms with Crippen LogP contribution in [0.3, 0.4) is 0 Å². The summed E-state index contributed by atoms with van der Waals surface area (Å²) in [4.78, 5) is 2.42. The lowest BCUT2D eigenvalue weighted by atomic mass is 10.0. The summed E-state index contributed by atoms with van der Waals surface area (Å²) in [5.41, 5.74) is 1.19. The van der Waals surface area contributed by atoms with E-state index in [1.165, 1.54) is 0 Å². The third-order valence-corrected chi connectivity index (χ3v) is 2.37. The third kappa shape index (κ3) is 0.898. The molecule has 1 aromatic rings. The number of nitrogens with one attached hydrogen (secondary N) is 1. The number of halogens is 1. The summed E-state index contributed by atoms with van der Waals surface area (Å²) in [5.74, 6) is -0.0593. The molecule has 64 valence electrons. The van der Waals surface area contributed by atoms with E-state index in [1.54, 1.807) is 6.08 Å². The number of aromatic amines is 1. The van der Waals surface area contributed by atoms with Crippen LogP contribution in [0.1, 0.15) is 22.9 Å². The van der Waals surface area contributed by atoms with Crippen molar-refractivity contribution in [1.82, 2.24) is 4.98 Å². The number of hydrogen-bond donors (Lipinski definition) is 3. The number of hydrogen-bond acceptors (Lipinski definition) is 2. The highest BCUT2D eigenvalue weighted by Gasteiger charge is 2.23. The summed E-state index contributed by atoms with van der Waals surface area (Å²) in [7, 11) is 0. The first-order valence-electron chi connectivity index (χ1n) is 3.64. The first-order chi connectivity index (χ1) is 5.70. The van der Waals surface area contributed by atoms with Gasteiger partial charge in [0.15, 0.2) is 11.8 Å². The van der Waals surface area contributed by atoms with E-state index in [0.29, 0.717) is 17.5 Å². The minimum atomic E-state index is -0.248. The van der Waals surface area contributed by atoms with Gasteiger partial charge in [-0.1, -0.05) is 12.2 Å². The number of H-pyrrole nitrogens is 1. The van der Waals surface area contributed by atoms with Gasteiger partial charge in [-0.05, 0) is 6.42 Å². The molecule has 12 heavy (non-hydrogen) atoms. The van der Waals surface area contributed by atoms with Crippen LogP contribution in [0.4, 0.5) is 0 Å². The maximum absolute atomic E-state index is 9.31. The lowest BCUT2D eigenvalue weighted by Gasteiger charge is -2.10. The Hall–Kier alpha value is -1.09. The summed E-state index contributed by atoms with van der Waals surface area (Å²) in [6, 6.07) is 0. The predicted molar refractivity (Wildman–Crippen MR) is 46.4 cm³/mol. The number of aromatic nitrogens is 1. The number of allylic oxidation sites excluding steroid dienone is 1. The molecule has 0 spiro atoms. The molecule has 1 heterocycles. The van der Waals surface area contributed by atoms with Crippen LogP contribution in [-0.4, -0.2) is 15.2 Å². The smallest absolute Gasteiger partial charge is 0.199 e. The molecule has 0 fully saturated rings. The molecule has 3 nitrogen and oxygen atoms in total. The summed E-state index contributed by atoms with van der Waals surface area (Å²) in [6.07, 6.45) is 4.30. The van der Waals surface area contributed by atoms with E-state index in [1.807, 2.05) is 6.08 Å². The van der Waals surface area contributed by atoms with E-state index >= 15 is 0 Å². The van der Waals surface area contributed by atoms with Crippen LogP contribution < -0.4 is 0 Å². The second-order valence-corrected chi connectivity index (χ2v) is 3.28. The van der Waals surface area contributed by atoms with Gasteiger partial charge in [0.2, 0.25) is 0 Å². The number of fused-ring (bicyclic) bond motifs is 1. The van der Waals surface area contributed by atoms with Crippen LogP contribution in [0.25, 0.3) is 6.08 Å². The van der Waals surface area contributed by atoms with Gasteiger partial charge < -0.3 is 10.2 Å².